The highest BCUT2D eigenvalue weighted by Crippen LogP contribution is 2.20. The van der Waals surface area contributed by atoms with E-state index in [1.54, 1.807) is 12.1 Å². The van der Waals surface area contributed by atoms with Gasteiger partial charge in [-0.15, -0.1) is 11.3 Å². The SMILES string of the molecule is O=c1occcc1-c1cccs1. The molecule has 0 saturated heterocycles. The Kier molecular flexibility index (Phi) is 1.80. The summed E-state index contributed by atoms with van der Waals surface area (Å²) in [6.45, 7) is 0. The van der Waals surface area contributed by atoms with Gasteiger partial charge in [-0.3, -0.25) is 0 Å². The minimum atomic E-state index is -0.278. The van der Waals surface area contributed by atoms with Gasteiger partial charge in [0.2, 0.25) is 0 Å². The first-order valence-electron chi connectivity index (χ1n) is 3.49. The summed E-state index contributed by atoms with van der Waals surface area (Å²) in [4.78, 5) is 12.1. The van der Waals surface area contributed by atoms with E-state index in [9.17, 15) is 4.79 Å². The third-order valence-corrected chi connectivity index (χ3v) is 2.43. The summed E-state index contributed by atoms with van der Waals surface area (Å²) in [5.74, 6) is 0. The molecule has 0 bridgehead atoms. The Bertz CT molecular complexity index is 414. The van der Waals surface area contributed by atoms with Crippen LogP contribution in [-0.2, 0) is 0 Å². The van der Waals surface area contributed by atoms with Crippen LogP contribution in [0, 0.1) is 0 Å². The van der Waals surface area contributed by atoms with Gasteiger partial charge in [0.25, 0.3) is 0 Å². The Morgan fingerprint density at radius 2 is 2.17 bits per heavy atom. The minimum Gasteiger partial charge on any atom is -0.431 e. The van der Waals surface area contributed by atoms with Crippen LogP contribution in [0.3, 0.4) is 0 Å². The molecule has 0 aromatic carbocycles. The predicted octanol–water partition coefficient (Wildman–Crippen LogP) is 2.37. The maximum absolute atomic E-state index is 11.2. The van der Waals surface area contributed by atoms with Gasteiger partial charge in [-0.25, -0.2) is 4.79 Å². The molecule has 2 heterocycles. The summed E-state index contributed by atoms with van der Waals surface area (Å²) < 4.78 is 4.73. The van der Waals surface area contributed by atoms with Gasteiger partial charge < -0.3 is 4.42 Å². The highest BCUT2D eigenvalue weighted by Gasteiger charge is 2.02. The molecule has 0 amide bonds. The maximum Gasteiger partial charge on any atom is 0.344 e. The van der Waals surface area contributed by atoms with Crippen LogP contribution in [-0.4, -0.2) is 0 Å². The Labute approximate surface area is 73.1 Å². The summed E-state index contributed by atoms with van der Waals surface area (Å²) >= 11 is 1.53. The average molecular weight is 178 g/mol. The molecule has 0 aliphatic rings. The lowest BCUT2D eigenvalue weighted by atomic mass is 10.2. The molecule has 0 aliphatic carbocycles. The van der Waals surface area contributed by atoms with E-state index < -0.39 is 0 Å². The molecule has 0 fully saturated rings. The molecule has 0 aliphatic heterocycles. The summed E-state index contributed by atoms with van der Waals surface area (Å²) in [5, 5.41) is 1.93. The van der Waals surface area contributed by atoms with Crippen LogP contribution < -0.4 is 5.63 Å². The van der Waals surface area contributed by atoms with E-state index in [0.717, 1.165) is 4.88 Å². The van der Waals surface area contributed by atoms with Gasteiger partial charge in [0.05, 0.1) is 11.8 Å². The largest absolute Gasteiger partial charge is 0.431 e. The number of hydrogen-bond acceptors (Lipinski definition) is 3. The highest BCUT2D eigenvalue weighted by molar-refractivity contribution is 7.13. The summed E-state index contributed by atoms with van der Waals surface area (Å²) in [5.41, 5.74) is 0.354. The van der Waals surface area contributed by atoms with Gasteiger partial charge in [-0.1, -0.05) is 6.07 Å². The van der Waals surface area contributed by atoms with Gasteiger partial charge in [-0.2, -0.15) is 0 Å². The number of hydrogen-bond donors (Lipinski definition) is 0. The van der Waals surface area contributed by atoms with Crippen LogP contribution in [0.5, 0.6) is 0 Å². The van der Waals surface area contributed by atoms with Crippen LogP contribution in [0.15, 0.2) is 45.1 Å². The van der Waals surface area contributed by atoms with Gasteiger partial charge in [0.15, 0.2) is 0 Å². The van der Waals surface area contributed by atoms with E-state index in [-0.39, 0.29) is 5.63 Å². The zero-order valence-electron chi connectivity index (χ0n) is 6.19. The lowest BCUT2D eigenvalue weighted by Crippen LogP contribution is -1.99. The van der Waals surface area contributed by atoms with E-state index in [4.69, 9.17) is 4.42 Å². The third kappa shape index (κ3) is 1.19. The molecule has 2 rings (SSSR count). The molecule has 0 atom stereocenters. The van der Waals surface area contributed by atoms with Crippen molar-refractivity contribution in [1.29, 1.82) is 0 Å². The fraction of sp³-hybridized carbons (Fsp3) is 0. The predicted molar refractivity (Wildman–Crippen MR) is 48.3 cm³/mol. The second-order valence-electron chi connectivity index (χ2n) is 2.29. The number of thiophene rings is 1. The van der Waals surface area contributed by atoms with Gasteiger partial charge in [-0.05, 0) is 23.6 Å². The summed E-state index contributed by atoms with van der Waals surface area (Å²) in [6, 6.07) is 7.29. The second kappa shape index (κ2) is 2.95. The molecule has 12 heavy (non-hydrogen) atoms. The smallest absolute Gasteiger partial charge is 0.344 e. The topological polar surface area (TPSA) is 30.2 Å². The molecule has 0 saturated carbocycles. The Morgan fingerprint density at radius 3 is 2.83 bits per heavy atom. The Morgan fingerprint density at radius 1 is 1.25 bits per heavy atom. The zero-order chi connectivity index (χ0) is 8.39. The van der Waals surface area contributed by atoms with Crippen molar-refractivity contribution in [2.24, 2.45) is 0 Å². The van der Waals surface area contributed by atoms with Crippen molar-refractivity contribution in [3.63, 3.8) is 0 Å². The van der Waals surface area contributed by atoms with Gasteiger partial charge in [0.1, 0.15) is 0 Å². The van der Waals surface area contributed by atoms with Crippen molar-refractivity contribution in [1.82, 2.24) is 0 Å². The fourth-order valence-electron chi connectivity index (χ4n) is 0.983. The Hall–Kier alpha value is -1.35. The molecular weight excluding hydrogens is 172 g/mol. The van der Waals surface area contributed by atoms with Crippen LogP contribution in [0.2, 0.25) is 0 Å². The normalized spacial score (nSPS) is 10.0. The van der Waals surface area contributed by atoms with E-state index in [2.05, 4.69) is 0 Å². The molecule has 0 N–H and O–H groups in total. The zero-order valence-corrected chi connectivity index (χ0v) is 7.01. The molecule has 0 unspecified atom stereocenters. The molecular formula is C9H6O2S. The molecule has 2 aromatic heterocycles. The van der Waals surface area contributed by atoms with E-state index in [1.165, 1.54) is 17.6 Å². The van der Waals surface area contributed by atoms with Crippen molar-refractivity contribution in [2.45, 2.75) is 0 Å². The van der Waals surface area contributed by atoms with Crippen LogP contribution >= 0.6 is 11.3 Å². The first kappa shape index (κ1) is 7.31. The van der Waals surface area contributed by atoms with Crippen molar-refractivity contribution in [2.75, 3.05) is 0 Å². The minimum absolute atomic E-state index is 0.278. The number of rotatable bonds is 1. The quantitative estimate of drug-likeness (QED) is 0.671. The van der Waals surface area contributed by atoms with Gasteiger partial charge >= 0.3 is 5.63 Å². The van der Waals surface area contributed by atoms with Crippen molar-refractivity contribution >= 4 is 11.3 Å². The molecule has 0 radical (unpaired) electrons. The van der Waals surface area contributed by atoms with Gasteiger partial charge in [0, 0.05) is 4.88 Å². The molecule has 2 nitrogen and oxygen atoms in total. The third-order valence-electron chi connectivity index (χ3n) is 1.52. The Balaban J connectivity index is 2.63. The van der Waals surface area contributed by atoms with Crippen molar-refractivity contribution < 1.29 is 4.42 Å². The van der Waals surface area contributed by atoms with Crippen LogP contribution in [0.4, 0.5) is 0 Å². The second-order valence-corrected chi connectivity index (χ2v) is 3.24. The lowest BCUT2D eigenvalue weighted by molar-refractivity contribution is 0.513. The molecule has 60 valence electrons. The van der Waals surface area contributed by atoms with E-state index >= 15 is 0 Å². The summed E-state index contributed by atoms with van der Waals surface area (Å²) in [7, 11) is 0. The lowest BCUT2D eigenvalue weighted by Gasteiger charge is -1.91. The summed E-state index contributed by atoms with van der Waals surface area (Å²) in [6.07, 6.45) is 1.39. The van der Waals surface area contributed by atoms with E-state index in [0.29, 0.717) is 5.56 Å². The first-order chi connectivity index (χ1) is 5.88. The standard InChI is InChI=1S/C9H6O2S/c10-9-7(3-1-5-11-9)8-4-2-6-12-8/h1-6H. The maximum atomic E-state index is 11.2. The van der Waals surface area contributed by atoms with Crippen molar-refractivity contribution in [3.05, 3.63) is 46.3 Å². The monoisotopic (exact) mass is 178 g/mol. The molecule has 3 heteroatoms. The molecule has 2 aromatic rings. The molecule has 0 spiro atoms. The van der Waals surface area contributed by atoms with Crippen molar-refractivity contribution in [3.8, 4) is 10.4 Å². The first-order valence-corrected chi connectivity index (χ1v) is 4.37. The van der Waals surface area contributed by atoms with E-state index in [1.807, 2.05) is 17.5 Å². The highest BCUT2D eigenvalue weighted by atomic mass is 32.1. The fourth-order valence-corrected chi connectivity index (χ4v) is 1.72. The average Bonchev–Trinajstić information content (AvgIpc) is 2.57. The van der Waals surface area contributed by atoms with Crippen LogP contribution in [0.1, 0.15) is 0 Å². The van der Waals surface area contributed by atoms with Crippen LogP contribution in [0.25, 0.3) is 10.4 Å².